The highest BCUT2D eigenvalue weighted by Crippen LogP contribution is 2.20. The number of carbonyl (C=O) groups is 1. The van der Waals surface area contributed by atoms with Crippen molar-refractivity contribution < 1.29 is 14.3 Å². The number of ether oxygens (including phenoxy) is 2. The zero-order chi connectivity index (χ0) is 17.9. The Kier molecular flexibility index (Phi) is 5.04. The number of aromatic amines is 1. The minimum atomic E-state index is -0.393. The highest BCUT2D eigenvalue weighted by Gasteiger charge is 2.31. The van der Waals surface area contributed by atoms with Gasteiger partial charge in [0.15, 0.2) is 0 Å². The second-order valence-corrected chi connectivity index (χ2v) is 7.07. The lowest BCUT2D eigenvalue weighted by Gasteiger charge is -2.27. The van der Waals surface area contributed by atoms with Crippen LogP contribution in [-0.4, -0.2) is 47.8 Å². The number of benzene rings is 1. The van der Waals surface area contributed by atoms with Gasteiger partial charge in [-0.3, -0.25) is 9.59 Å². The molecule has 2 aromatic rings. The highest BCUT2D eigenvalue weighted by atomic mass is 16.5. The van der Waals surface area contributed by atoms with Crippen molar-refractivity contribution in [3.8, 4) is 0 Å². The number of para-hydroxylation sites is 1. The van der Waals surface area contributed by atoms with Crippen LogP contribution >= 0.6 is 0 Å². The van der Waals surface area contributed by atoms with E-state index in [9.17, 15) is 9.59 Å². The number of aromatic nitrogens is 1. The van der Waals surface area contributed by atoms with Gasteiger partial charge in [-0.2, -0.15) is 0 Å². The van der Waals surface area contributed by atoms with Crippen LogP contribution in [0, 0.1) is 0 Å². The first-order chi connectivity index (χ1) is 12.7. The summed E-state index contributed by atoms with van der Waals surface area (Å²) in [5.41, 5.74) is 1.24. The fourth-order valence-corrected chi connectivity index (χ4v) is 3.76. The Labute approximate surface area is 152 Å². The van der Waals surface area contributed by atoms with Crippen molar-refractivity contribution in [3.63, 3.8) is 0 Å². The number of nitrogens with one attached hydrogen (secondary N) is 1. The molecule has 0 aliphatic carbocycles. The Morgan fingerprint density at radius 2 is 1.96 bits per heavy atom. The summed E-state index contributed by atoms with van der Waals surface area (Å²) in [6.45, 7) is 2.15. The van der Waals surface area contributed by atoms with Crippen LogP contribution in [0.1, 0.15) is 31.2 Å². The molecule has 6 nitrogen and oxygen atoms in total. The Morgan fingerprint density at radius 1 is 1.15 bits per heavy atom. The van der Waals surface area contributed by atoms with E-state index in [1.54, 1.807) is 4.90 Å². The molecule has 2 aliphatic heterocycles. The van der Waals surface area contributed by atoms with Gasteiger partial charge in [0.2, 0.25) is 0 Å². The van der Waals surface area contributed by atoms with E-state index in [1.165, 1.54) is 0 Å². The molecular formula is C20H24N2O4. The third-order valence-corrected chi connectivity index (χ3v) is 5.16. The number of pyridine rings is 1. The van der Waals surface area contributed by atoms with Crippen LogP contribution in [0.25, 0.3) is 10.9 Å². The molecule has 4 rings (SSSR count). The summed E-state index contributed by atoms with van der Waals surface area (Å²) in [4.78, 5) is 30.1. The lowest BCUT2D eigenvalue weighted by atomic mass is 10.1. The largest absolute Gasteiger partial charge is 0.376 e. The molecule has 1 aromatic heterocycles. The Bertz CT molecular complexity index is 835. The molecule has 1 aromatic carbocycles. The molecule has 3 heterocycles. The second-order valence-electron chi connectivity index (χ2n) is 7.07. The lowest BCUT2D eigenvalue weighted by molar-refractivity contribution is -0.143. The quantitative estimate of drug-likeness (QED) is 0.892. The van der Waals surface area contributed by atoms with E-state index in [0.717, 1.165) is 43.2 Å². The summed E-state index contributed by atoms with van der Waals surface area (Å²) in [6, 6.07) is 9.54. The van der Waals surface area contributed by atoms with Gasteiger partial charge in [-0.1, -0.05) is 18.2 Å². The first kappa shape index (κ1) is 17.2. The van der Waals surface area contributed by atoms with E-state index in [4.69, 9.17) is 9.47 Å². The molecule has 1 amide bonds. The summed E-state index contributed by atoms with van der Waals surface area (Å²) in [7, 11) is 0. The van der Waals surface area contributed by atoms with Crippen LogP contribution in [0.2, 0.25) is 0 Å². The van der Waals surface area contributed by atoms with Crippen LogP contribution in [0.3, 0.4) is 0 Å². The smallest absolute Gasteiger partial charge is 0.253 e. The molecule has 0 unspecified atom stereocenters. The summed E-state index contributed by atoms with van der Waals surface area (Å²) in [5, 5.41) is 0.962. The third-order valence-electron chi connectivity index (χ3n) is 5.16. The zero-order valence-electron chi connectivity index (χ0n) is 14.8. The van der Waals surface area contributed by atoms with E-state index in [1.807, 2.05) is 30.3 Å². The van der Waals surface area contributed by atoms with E-state index in [-0.39, 0.29) is 24.1 Å². The number of carbonyl (C=O) groups excluding carboxylic acids is 1. The maximum atomic E-state index is 12.9. The Morgan fingerprint density at radius 3 is 2.73 bits per heavy atom. The van der Waals surface area contributed by atoms with Gasteiger partial charge in [0, 0.05) is 30.8 Å². The van der Waals surface area contributed by atoms with Crippen molar-refractivity contribution in [1.82, 2.24) is 9.88 Å². The van der Waals surface area contributed by atoms with Gasteiger partial charge in [-0.25, -0.2) is 0 Å². The monoisotopic (exact) mass is 356 g/mol. The minimum Gasteiger partial charge on any atom is -0.376 e. The van der Waals surface area contributed by atoms with Crippen molar-refractivity contribution in [2.45, 2.75) is 44.4 Å². The van der Waals surface area contributed by atoms with Gasteiger partial charge in [-0.05, 0) is 43.2 Å². The number of amides is 1. The normalized spacial score (nSPS) is 22.8. The summed E-state index contributed by atoms with van der Waals surface area (Å²) in [5.74, 6) is -0.0365. The Balaban J connectivity index is 1.59. The molecule has 0 radical (unpaired) electrons. The Hall–Kier alpha value is -2.18. The summed E-state index contributed by atoms with van der Waals surface area (Å²) >= 11 is 0. The molecule has 0 spiro atoms. The predicted octanol–water partition coefficient (Wildman–Crippen LogP) is 2.21. The highest BCUT2D eigenvalue weighted by molar-refractivity contribution is 5.82. The average molecular weight is 356 g/mol. The van der Waals surface area contributed by atoms with E-state index in [0.29, 0.717) is 18.7 Å². The molecule has 1 N–H and O–H groups in total. The first-order valence-electron chi connectivity index (χ1n) is 9.33. The maximum absolute atomic E-state index is 12.9. The molecule has 0 bridgehead atoms. The van der Waals surface area contributed by atoms with Gasteiger partial charge in [0.1, 0.15) is 6.10 Å². The fraction of sp³-hybridized carbons (Fsp3) is 0.500. The topological polar surface area (TPSA) is 71.6 Å². The standard InChI is InChI=1S/C20H24N2O4/c23-19-15(11-14-5-1-2-7-17(14)21-19)12-22(13-16-6-3-9-25-16)20(24)18-8-4-10-26-18/h1-2,5,7,11,16,18H,3-4,6,8-10,12-13H2,(H,21,23)/t16-,18-/m1/s1. The minimum absolute atomic E-state index is 0.0365. The number of H-pyrrole nitrogens is 1. The lowest BCUT2D eigenvalue weighted by Crippen LogP contribution is -2.43. The third kappa shape index (κ3) is 3.66. The molecule has 138 valence electrons. The van der Waals surface area contributed by atoms with Crippen molar-refractivity contribution in [1.29, 1.82) is 0 Å². The second kappa shape index (κ2) is 7.60. The van der Waals surface area contributed by atoms with Gasteiger partial charge in [0.05, 0.1) is 12.6 Å². The number of hydrogen-bond acceptors (Lipinski definition) is 4. The number of fused-ring (bicyclic) bond motifs is 1. The predicted molar refractivity (Wildman–Crippen MR) is 97.9 cm³/mol. The van der Waals surface area contributed by atoms with E-state index >= 15 is 0 Å². The fourth-order valence-electron chi connectivity index (χ4n) is 3.76. The SMILES string of the molecule is O=C([C@H]1CCCO1)N(Cc1cc2ccccc2[nH]c1=O)C[C@H]1CCCO1. The number of hydrogen-bond donors (Lipinski definition) is 1. The van der Waals surface area contributed by atoms with Gasteiger partial charge >= 0.3 is 0 Å². The van der Waals surface area contributed by atoms with Crippen LogP contribution in [0.4, 0.5) is 0 Å². The summed E-state index contributed by atoms with van der Waals surface area (Å²) in [6.07, 6.45) is 3.26. The van der Waals surface area contributed by atoms with Crippen molar-refractivity contribution in [2.24, 2.45) is 0 Å². The maximum Gasteiger partial charge on any atom is 0.253 e. The zero-order valence-corrected chi connectivity index (χ0v) is 14.8. The van der Waals surface area contributed by atoms with Gasteiger partial charge < -0.3 is 19.4 Å². The first-order valence-corrected chi connectivity index (χ1v) is 9.33. The van der Waals surface area contributed by atoms with Gasteiger partial charge in [-0.15, -0.1) is 0 Å². The number of nitrogens with zero attached hydrogens (tertiary/aromatic N) is 1. The van der Waals surface area contributed by atoms with Crippen molar-refractivity contribution in [3.05, 3.63) is 46.2 Å². The van der Waals surface area contributed by atoms with Crippen LogP contribution in [-0.2, 0) is 20.8 Å². The molecule has 2 atom stereocenters. The summed E-state index contributed by atoms with van der Waals surface area (Å²) < 4.78 is 11.3. The van der Waals surface area contributed by atoms with E-state index in [2.05, 4.69) is 4.98 Å². The van der Waals surface area contributed by atoms with Crippen molar-refractivity contribution >= 4 is 16.8 Å². The van der Waals surface area contributed by atoms with Crippen LogP contribution in [0.15, 0.2) is 35.1 Å². The van der Waals surface area contributed by atoms with Crippen LogP contribution < -0.4 is 5.56 Å². The van der Waals surface area contributed by atoms with Gasteiger partial charge in [0.25, 0.3) is 11.5 Å². The molecule has 6 heteroatoms. The molecule has 2 saturated heterocycles. The van der Waals surface area contributed by atoms with E-state index < -0.39 is 6.10 Å². The number of rotatable bonds is 5. The molecular weight excluding hydrogens is 332 g/mol. The molecule has 2 aliphatic rings. The molecule has 26 heavy (non-hydrogen) atoms. The average Bonchev–Trinajstić information content (AvgIpc) is 3.35. The van der Waals surface area contributed by atoms with Crippen molar-refractivity contribution in [2.75, 3.05) is 19.8 Å². The van der Waals surface area contributed by atoms with Crippen LogP contribution in [0.5, 0.6) is 0 Å². The molecule has 2 fully saturated rings. The molecule has 0 saturated carbocycles.